The lowest BCUT2D eigenvalue weighted by molar-refractivity contribution is -1.05. The van der Waals surface area contributed by atoms with Crippen molar-refractivity contribution in [3.8, 4) is 5.75 Å². The van der Waals surface area contributed by atoms with E-state index in [9.17, 15) is 15.2 Å². The standard InChI is InChI=1S/C16H12N2O4/c1-22-13-10-6-5-9-12(13)15-16(19)14(17(20)18(15)21)11-7-3-2-4-8-11/h2-10H,1H3. The molecular formula is C16H12N2O4. The SMILES string of the molecule is COc1ccccc1C1=[N+]([O-])[N+]([O-])=C(c2ccccc2)C1=O. The van der Waals surface area contributed by atoms with Gasteiger partial charge < -0.3 is 15.2 Å². The van der Waals surface area contributed by atoms with Crippen LogP contribution in [0.4, 0.5) is 0 Å². The topological polar surface area (TPSA) is 78.4 Å². The molecule has 0 aliphatic carbocycles. The maximum absolute atomic E-state index is 12.6. The lowest BCUT2D eigenvalue weighted by atomic mass is 9.99. The van der Waals surface area contributed by atoms with E-state index in [-0.39, 0.29) is 26.7 Å². The molecule has 6 nitrogen and oxygen atoms in total. The van der Waals surface area contributed by atoms with Gasteiger partial charge in [0.1, 0.15) is 11.3 Å². The van der Waals surface area contributed by atoms with Crippen LogP contribution in [-0.4, -0.2) is 34.0 Å². The fourth-order valence-electron chi connectivity index (χ4n) is 2.37. The largest absolute Gasteiger partial charge is 0.561 e. The number of hydrazine groups is 1. The van der Waals surface area contributed by atoms with Crippen molar-refractivity contribution in [3.05, 3.63) is 76.1 Å². The predicted octanol–water partition coefficient (Wildman–Crippen LogP) is 1.49. The smallest absolute Gasteiger partial charge is 0.352 e. The van der Waals surface area contributed by atoms with E-state index >= 15 is 0 Å². The number of Topliss-reactive ketones (excluding diaryl/α,β-unsaturated/α-hetero) is 1. The van der Waals surface area contributed by atoms with Gasteiger partial charge in [0, 0.05) is 0 Å². The molecule has 0 atom stereocenters. The van der Waals surface area contributed by atoms with E-state index in [1.807, 2.05) is 0 Å². The van der Waals surface area contributed by atoms with Crippen molar-refractivity contribution in [1.82, 2.24) is 0 Å². The number of carbonyl (C=O) groups excluding carboxylic acids is 1. The molecule has 0 unspecified atom stereocenters. The van der Waals surface area contributed by atoms with Crippen molar-refractivity contribution in [2.24, 2.45) is 0 Å². The van der Waals surface area contributed by atoms with Crippen LogP contribution >= 0.6 is 0 Å². The highest BCUT2D eigenvalue weighted by molar-refractivity contribution is 6.71. The second kappa shape index (κ2) is 5.33. The Morgan fingerprint density at radius 1 is 0.864 bits per heavy atom. The Hall–Kier alpha value is -3.15. The Morgan fingerprint density at radius 3 is 2.14 bits per heavy atom. The molecule has 0 N–H and O–H groups in total. The van der Waals surface area contributed by atoms with Gasteiger partial charge in [0.15, 0.2) is 0 Å². The highest BCUT2D eigenvalue weighted by atomic mass is 16.7. The maximum atomic E-state index is 12.6. The highest BCUT2D eigenvalue weighted by Crippen LogP contribution is 2.21. The van der Waals surface area contributed by atoms with Gasteiger partial charge in [-0.15, -0.1) is 0 Å². The van der Waals surface area contributed by atoms with Gasteiger partial charge in [-0.1, -0.05) is 30.3 Å². The van der Waals surface area contributed by atoms with Crippen molar-refractivity contribution in [2.75, 3.05) is 7.11 Å². The number of hydrogen-bond donors (Lipinski definition) is 0. The van der Waals surface area contributed by atoms with E-state index in [4.69, 9.17) is 4.74 Å². The van der Waals surface area contributed by atoms with Crippen LogP contribution in [0.2, 0.25) is 0 Å². The Morgan fingerprint density at radius 2 is 1.45 bits per heavy atom. The summed E-state index contributed by atoms with van der Waals surface area (Å²) in [5.41, 5.74) is 0.243. The summed E-state index contributed by atoms with van der Waals surface area (Å²) in [6, 6.07) is 14.9. The zero-order valence-corrected chi connectivity index (χ0v) is 11.7. The summed E-state index contributed by atoms with van der Waals surface area (Å²) in [5.74, 6) is -0.268. The van der Waals surface area contributed by atoms with Gasteiger partial charge in [-0.05, 0) is 24.3 Å². The van der Waals surface area contributed by atoms with E-state index in [1.165, 1.54) is 7.11 Å². The van der Waals surface area contributed by atoms with Crippen molar-refractivity contribution >= 4 is 17.2 Å². The first-order valence-electron chi connectivity index (χ1n) is 6.57. The molecule has 0 aromatic heterocycles. The molecular weight excluding hydrogens is 284 g/mol. The Bertz CT molecular complexity index is 810. The monoisotopic (exact) mass is 296 g/mol. The molecule has 0 saturated heterocycles. The van der Waals surface area contributed by atoms with Gasteiger partial charge in [0.25, 0.3) is 0 Å². The second-order valence-corrected chi connectivity index (χ2v) is 4.64. The summed E-state index contributed by atoms with van der Waals surface area (Å²) >= 11 is 0. The van der Waals surface area contributed by atoms with E-state index in [2.05, 4.69) is 0 Å². The highest BCUT2D eigenvalue weighted by Gasteiger charge is 2.46. The third-order valence-corrected chi connectivity index (χ3v) is 3.39. The first-order valence-corrected chi connectivity index (χ1v) is 6.57. The van der Waals surface area contributed by atoms with Crippen LogP contribution in [-0.2, 0) is 4.79 Å². The minimum absolute atomic E-state index is 0.0581. The predicted molar refractivity (Wildman–Crippen MR) is 79.9 cm³/mol. The molecule has 6 heteroatoms. The second-order valence-electron chi connectivity index (χ2n) is 4.64. The molecule has 22 heavy (non-hydrogen) atoms. The summed E-state index contributed by atoms with van der Waals surface area (Å²) in [4.78, 5) is 12.7. The summed E-state index contributed by atoms with van der Waals surface area (Å²) in [6.07, 6.45) is 0. The van der Waals surface area contributed by atoms with E-state index < -0.39 is 5.78 Å². The molecule has 3 rings (SSSR count). The third kappa shape index (κ3) is 2.01. The summed E-state index contributed by atoms with van der Waals surface area (Å²) < 4.78 is 5.16. The number of ether oxygens (including phenoxy) is 1. The van der Waals surface area contributed by atoms with E-state index in [0.29, 0.717) is 11.3 Å². The Kier molecular flexibility index (Phi) is 3.34. The van der Waals surface area contributed by atoms with Crippen LogP contribution in [0, 0.1) is 10.4 Å². The first kappa shape index (κ1) is 13.8. The van der Waals surface area contributed by atoms with Crippen LogP contribution in [0.25, 0.3) is 0 Å². The summed E-state index contributed by atoms with van der Waals surface area (Å²) in [6.45, 7) is 0. The number of ketones is 1. The molecule has 2 aromatic rings. The van der Waals surface area contributed by atoms with Gasteiger partial charge in [0.2, 0.25) is 0 Å². The fraction of sp³-hybridized carbons (Fsp3) is 0.0625. The van der Waals surface area contributed by atoms with Crippen LogP contribution in [0.5, 0.6) is 5.75 Å². The first-order chi connectivity index (χ1) is 10.6. The Labute approximate surface area is 126 Å². The lowest BCUT2D eigenvalue weighted by Gasteiger charge is -2.04. The van der Waals surface area contributed by atoms with E-state index in [0.717, 1.165) is 0 Å². The molecule has 0 spiro atoms. The zero-order valence-electron chi connectivity index (χ0n) is 11.7. The number of rotatable bonds is 3. The molecule has 0 fully saturated rings. The number of nitrogens with zero attached hydrogens (tertiary/aromatic N) is 2. The zero-order chi connectivity index (χ0) is 15.7. The van der Waals surface area contributed by atoms with Crippen molar-refractivity contribution < 1.29 is 19.2 Å². The van der Waals surface area contributed by atoms with Crippen LogP contribution in [0.1, 0.15) is 11.1 Å². The van der Waals surface area contributed by atoms with Crippen molar-refractivity contribution in [2.45, 2.75) is 0 Å². The van der Waals surface area contributed by atoms with Crippen LogP contribution < -0.4 is 4.74 Å². The minimum Gasteiger partial charge on any atom is -0.561 e. The molecule has 110 valence electrons. The average Bonchev–Trinajstić information content (AvgIpc) is 2.78. The maximum Gasteiger partial charge on any atom is 0.352 e. The number of hydrogen-bond acceptors (Lipinski definition) is 4. The molecule has 1 aliphatic rings. The minimum atomic E-state index is -0.624. The molecule has 0 saturated carbocycles. The molecule has 0 radical (unpaired) electrons. The van der Waals surface area contributed by atoms with E-state index in [1.54, 1.807) is 54.6 Å². The Balaban J connectivity index is 2.13. The van der Waals surface area contributed by atoms with Crippen molar-refractivity contribution in [3.63, 3.8) is 0 Å². The quantitative estimate of drug-likeness (QED) is 0.635. The number of hydrazone groups is 2. The average molecular weight is 296 g/mol. The van der Waals surface area contributed by atoms with Gasteiger partial charge >= 0.3 is 17.2 Å². The van der Waals surface area contributed by atoms with Gasteiger partial charge in [-0.2, -0.15) is 0 Å². The summed E-state index contributed by atoms with van der Waals surface area (Å²) in [5, 5.41) is 24.3. The molecule has 2 aromatic carbocycles. The molecule has 1 heterocycles. The van der Waals surface area contributed by atoms with Gasteiger partial charge in [-0.3, -0.25) is 4.79 Å². The van der Waals surface area contributed by atoms with Gasteiger partial charge in [-0.25, -0.2) is 0 Å². The third-order valence-electron chi connectivity index (χ3n) is 3.39. The fourth-order valence-corrected chi connectivity index (χ4v) is 2.37. The number of methoxy groups -OCH3 is 1. The number of para-hydroxylation sites is 1. The number of carbonyl (C=O) groups is 1. The molecule has 1 aliphatic heterocycles. The lowest BCUT2D eigenvalue weighted by Crippen LogP contribution is -2.24. The number of benzene rings is 2. The normalized spacial score (nSPS) is 14.7. The van der Waals surface area contributed by atoms with Crippen molar-refractivity contribution in [1.29, 1.82) is 0 Å². The van der Waals surface area contributed by atoms with Gasteiger partial charge in [0.05, 0.1) is 22.4 Å². The van der Waals surface area contributed by atoms with Crippen LogP contribution in [0.15, 0.2) is 54.6 Å². The summed E-state index contributed by atoms with van der Waals surface area (Å²) in [7, 11) is 1.44. The molecule has 0 bridgehead atoms. The van der Waals surface area contributed by atoms with Crippen LogP contribution in [0.3, 0.4) is 0 Å². The molecule has 0 amide bonds.